The number of benzene rings is 5. The van der Waals surface area contributed by atoms with E-state index >= 15 is 14.4 Å². The van der Waals surface area contributed by atoms with Crippen molar-refractivity contribution in [3.05, 3.63) is 167 Å². The van der Waals surface area contributed by atoms with Gasteiger partial charge in [-0.05, 0) is 96.5 Å². The number of rotatable bonds is 9. The molecule has 5 aromatic carbocycles. The monoisotopic (exact) mass is 854 g/mol. The quantitative estimate of drug-likeness (QED) is 0.101. The lowest BCUT2D eigenvalue weighted by Gasteiger charge is -2.46. The smallest absolute Gasteiger partial charge is 0.324 e. The number of hydrogen-bond acceptors (Lipinski definition) is 9. The van der Waals surface area contributed by atoms with Gasteiger partial charge in [0, 0.05) is 41.3 Å². The number of para-hydroxylation sites is 1. The number of nitrogens with one attached hydrogen (secondary N) is 2. The van der Waals surface area contributed by atoms with Gasteiger partial charge < -0.3 is 34.9 Å². The predicted octanol–water partition coefficient (Wildman–Crippen LogP) is 7.66. The molecule has 0 unspecified atom stereocenters. The van der Waals surface area contributed by atoms with E-state index in [-0.39, 0.29) is 13.2 Å². The Hall–Kier alpha value is -6.71. The van der Waals surface area contributed by atoms with E-state index in [0.29, 0.717) is 47.0 Å². The van der Waals surface area contributed by atoms with Crippen LogP contribution in [-0.2, 0) is 29.3 Å². The van der Waals surface area contributed by atoms with E-state index in [4.69, 9.17) is 14.2 Å². The number of nitrogens with zero attached hydrogens (tertiary/aromatic N) is 2. The molecule has 3 N–H and O–H groups in total. The average molecular weight is 855 g/mol. The van der Waals surface area contributed by atoms with Crippen LogP contribution in [0, 0.1) is 17.8 Å². The molecular formula is C53H50N4O7. The van der Waals surface area contributed by atoms with Crippen molar-refractivity contribution in [1.29, 1.82) is 0 Å². The van der Waals surface area contributed by atoms with E-state index in [1.54, 1.807) is 6.07 Å². The van der Waals surface area contributed by atoms with Crippen LogP contribution in [0.3, 0.4) is 0 Å². The molecule has 5 aromatic rings. The lowest BCUT2D eigenvalue weighted by atomic mass is 9.65. The van der Waals surface area contributed by atoms with E-state index in [1.807, 2.05) is 126 Å². The Labute approximate surface area is 373 Å². The molecule has 11 heteroatoms. The molecule has 5 aliphatic rings. The molecule has 1 spiro atoms. The number of cyclic esters (lactones) is 1. The molecule has 0 aromatic heterocycles. The number of fused-ring (bicyclic) bond motifs is 3. The first-order valence-electron chi connectivity index (χ1n) is 22.3. The molecule has 0 radical (unpaired) electrons. The van der Waals surface area contributed by atoms with E-state index in [2.05, 4.69) is 33.5 Å². The first-order chi connectivity index (χ1) is 31.4. The van der Waals surface area contributed by atoms with Gasteiger partial charge in [-0.25, -0.2) is 0 Å². The first-order valence-corrected chi connectivity index (χ1v) is 22.3. The van der Waals surface area contributed by atoms with Gasteiger partial charge in [-0.1, -0.05) is 96.8 Å². The lowest BCUT2D eigenvalue weighted by molar-refractivity contribution is -0.177. The van der Waals surface area contributed by atoms with Crippen LogP contribution in [0.5, 0.6) is 5.75 Å². The highest BCUT2D eigenvalue weighted by Gasteiger charge is 2.74. The van der Waals surface area contributed by atoms with Crippen LogP contribution in [0.1, 0.15) is 71.7 Å². The van der Waals surface area contributed by atoms with Crippen LogP contribution in [0.2, 0.25) is 0 Å². The number of aliphatic hydroxyl groups excluding tert-OH is 1. The third kappa shape index (κ3) is 7.41. The third-order valence-electron chi connectivity index (χ3n) is 13.3. The van der Waals surface area contributed by atoms with Crippen molar-refractivity contribution in [2.24, 2.45) is 5.92 Å². The Bertz CT molecular complexity index is 2640. The predicted molar refractivity (Wildman–Crippen MR) is 244 cm³/mol. The molecule has 3 saturated heterocycles. The van der Waals surface area contributed by atoms with Crippen LogP contribution in [-0.4, -0.2) is 73.3 Å². The second-order valence-electron chi connectivity index (χ2n) is 17.0. The summed E-state index contributed by atoms with van der Waals surface area (Å²) in [7, 11) is 0. The fourth-order valence-electron chi connectivity index (χ4n) is 10.5. The number of carbonyl (C=O) groups excluding carboxylic acids is 3. The molecule has 0 saturated carbocycles. The number of hydrogen-bond donors (Lipinski definition) is 3. The minimum absolute atomic E-state index is 0.0142. The SMILES string of the molecule is O=C1O[C@H](c2ccccc2)[C@H](c2ccccc2)N2[C@H]1[C@@H](C(=O)Nc1ccc(N3CCOCC3)cc1)[C@]1(C(=O)Nc3ccc(C#CC4=CCCCC4)cc31)[C@H]2c1ccccc1OCCO. The Morgan fingerprint density at radius 2 is 1.58 bits per heavy atom. The van der Waals surface area contributed by atoms with Gasteiger partial charge in [-0.2, -0.15) is 0 Å². The summed E-state index contributed by atoms with van der Waals surface area (Å²) in [6.07, 6.45) is 5.49. The second kappa shape index (κ2) is 17.8. The van der Waals surface area contributed by atoms with Crippen LogP contribution in [0.15, 0.2) is 139 Å². The number of carbonyl (C=O) groups is 3. The number of esters is 1. The number of allylic oxidation sites excluding steroid dienone is 2. The van der Waals surface area contributed by atoms with Gasteiger partial charge in [0.1, 0.15) is 29.9 Å². The second-order valence-corrected chi connectivity index (χ2v) is 17.0. The highest BCUT2D eigenvalue weighted by atomic mass is 16.6. The van der Waals surface area contributed by atoms with Crippen LogP contribution in [0.4, 0.5) is 17.1 Å². The minimum Gasteiger partial charge on any atom is -0.491 e. The maximum Gasteiger partial charge on any atom is 0.324 e. The molecule has 10 rings (SSSR count). The van der Waals surface area contributed by atoms with Gasteiger partial charge in [-0.3, -0.25) is 19.3 Å². The van der Waals surface area contributed by atoms with Crippen LogP contribution < -0.4 is 20.3 Å². The van der Waals surface area contributed by atoms with Gasteiger partial charge in [-0.15, -0.1) is 0 Å². The topological polar surface area (TPSA) is 130 Å². The van der Waals surface area contributed by atoms with Crippen LogP contribution in [0.25, 0.3) is 0 Å². The first kappa shape index (κ1) is 41.3. The van der Waals surface area contributed by atoms with E-state index in [9.17, 15) is 5.11 Å². The summed E-state index contributed by atoms with van der Waals surface area (Å²) >= 11 is 0. The molecule has 6 atom stereocenters. The number of ether oxygens (including phenoxy) is 3. The summed E-state index contributed by atoms with van der Waals surface area (Å²) in [6.45, 7) is 2.52. The van der Waals surface area contributed by atoms with Crippen molar-refractivity contribution >= 4 is 34.8 Å². The van der Waals surface area contributed by atoms with Crippen molar-refractivity contribution in [3.63, 3.8) is 0 Å². The van der Waals surface area contributed by atoms with Crippen molar-refractivity contribution < 1.29 is 33.7 Å². The van der Waals surface area contributed by atoms with Gasteiger partial charge in [0.05, 0.1) is 37.8 Å². The Morgan fingerprint density at radius 3 is 2.31 bits per heavy atom. The maximum atomic E-state index is 15.7. The molecule has 324 valence electrons. The zero-order valence-corrected chi connectivity index (χ0v) is 35.5. The summed E-state index contributed by atoms with van der Waals surface area (Å²) in [4.78, 5) is 51.0. The molecule has 2 amide bonds. The van der Waals surface area contributed by atoms with Crippen LogP contribution >= 0.6 is 0 Å². The molecular weight excluding hydrogens is 805 g/mol. The summed E-state index contributed by atoms with van der Waals surface area (Å²) < 4.78 is 18.5. The third-order valence-corrected chi connectivity index (χ3v) is 13.3. The molecule has 4 heterocycles. The zero-order valence-electron chi connectivity index (χ0n) is 35.5. The van der Waals surface area contributed by atoms with Gasteiger partial charge >= 0.3 is 5.97 Å². The number of amides is 2. The molecule has 0 bridgehead atoms. The Balaban J connectivity index is 1.20. The number of anilines is 3. The highest BCUT2D eigenvalue weighted by Crippen LogP contribution is 2.65. The van der Waals surface area contributed by atoms with Gasteiger partial charge in [0.2, 0.25) is 11.8 Å². The van der Waals surface area contributed by atoms with Gasteiger partial charge in [0.25, 0.3) is 0 Å². The summed E-state index contributed by atoms with van der Waals surface area (Å²) in [6, 6.07) is 37.2. The van der Waals surface area contributed by atoms with E-state index in [0.717, 1.165) is 61.2 Å². The van der Waals surface area contributed by atoms with Crippen molar-refractivity contribution in [2.75, 3.05) is 55.1 Å². The van der Waals surface area contributed by atoms with Crippen molar-refractivity contribution in [3.8, 4) is 17.6 Å². The summed E-state index contributed by atoms with van der Waals surface area (Å²) in [5, 5.41) is 16.4. The molecule has 3 fully saturated rings. The van der Waals surface area contributed by atoms with Gasteiger partial charge in [0.15, 0.2) is 0 Å². The minimum atomic E-state index is -1.74. The fourth-order valence-corrected chi connectivity index (χ4v) is 10.5. The van der Waals surface area contributed by atoms with Crippen molar-refractivity contribution in [2.45, 2.75) is 55.3 Å². The summed E-state index contributed by atoms with van der Waals surface area (Å²) in [5.41, 5.74) is 4.80. The Morgan fingerprint density at radius 1 is 0.844 bits per heavy atom. The normalized spacial score (nSPS) is 25.0. The maximum absolute atomic E-state index is 15.7. The fraction of sp³-hybridized carbons (Fsp3) is 0.302. The van der Waals surface area contributed by atoms with Crippen molar-refractivity contribution in [1.82, 2.24) is 4.90 Å². The number of morpholine rings is 2. The molecule has 4 aliphatic heterocycles. The average Bonchev–Trinajstić information content (AvgIpc) is 3.82. The molecule has 11 nitrogen and oxygen atoms in total. The van der Waals surface area contributed by atoms with E-state index < -0.39 is 53.3 Å². The molecule has 64 heavy (non-hydrogen) atoms. The standard InChI is InChI=1S/C53H50N4O7/c58-30-33-63-44-19-11-10-18-41(44)49-53(42-34-36(22-27-43(42)55-52(53)61)21-20-35-12-4-1-5-13-35)45(50(59)54-39-23-25-40(26-24-39)56-28-31-62-32-29-56)47-51(60)64-48(38-16-8-3-9-17-38)46(57(47)49)37-14-6-2-7-15-37/h2-3,6-12,14-19,22-27,34,45-49,58H,1,4-5,13,28-33H2,(H,54,59)(H,55,61)/t45-,46-,47-,48+,49+,53-/m0/s1. The van der Waals surface area contributed by atoms with E-state index in [1.165, 1.54) is 0 Å². The molecule has 1 aliphatic carbocycles. The zero-order chi connectivity index (χ0) is 43.6. The Kier molecular flexibility index (Phi) is 11.5. The lowest BCUT2D eigenvalue weighted by Crippen LogP contribution is -2.53. The summed E-state index contributed by atoms with van der Waals surface area (Å²) in [5.74, 6) is 4.29. The highest BCUT2D eigenvalue weighted by molar-refractivity contribution is 6.13. The largest absolute Gasteiger partial charge is 0.491 e. The number of aliphatic hydroxyl groups is 1.